The van der Waals surface area contributed by atoms with Crippen molar-refractivity contribution in [3.8, 4) is 22.3 Å². The highest BCUT2D eigenvalue weighted by Crippen LogP contribution is 2.60. The first-order chi connectivity index (χ1) is 19.4. The molecular formula is C31H18F8N2. The second-order valence-corrected chi connectivity index (χ2v) is 9.62. The number of para-hydroxylation sites is 2. The van der Waals surface area contributed by atoms with Gasteiger partial charge in [0.1, 0.15) is 11.6 Å². The lowest BCUT2D eigenvalue weighted by Crippen LogP contribution is -2.55. The lowest BCUT2D eigenvalue weighted by atomic mass is 9.68. The molecule has 2 N–H and O–H groups in total. The molecule has 0 amide bonds. The molecule has 0 bridgehead atoms. The maximum atomic E-state index is 15.4. The fourth-order valence-electron chi connectivity index (χ4n) is 5.64. The Morgan fingerprint density at radius 1 is 0.463 bits per heavy atom. The molecule has 6 rings (SSSR count). The zero-order chi connectivity index (χ0) is 29.2. The number of aromatic nitrogens is 2. The van der Waals surface area contributed by atoms with Crippen LogP contribution < -0.4 is 0 Å². The molecule has 0 saturated carbocycles. The number of alkyl halides is 6. The largest absolute Gasteiger partial charge is 0.411 e. The van der Waals surface area contributed by atoms with Crippen molar-refractivity contribution in [1.29, 1.82) is 0 Å². The van der Waals surface area contributed by atoms with Gasteiger partial charge >= 0.3 is 12.4 Å². The van der Waals surface area contributed by atoms with Crippen LogP contribution in [-0.2, 0) is 5.41 Å². The van der Waals surface area contributed by atoms with Gasteiger partial charge in [-0.05, 0) is 58.7 Å². The van der Waals surface area contributed by atoms with E-state index in [1.54, 1.807) is 36.4 Å². The Morgan fingerprint density at radius 2 is 0.854 bits per heavy atom. The topological polar surface area (TPSA) is 31.6 Å². The number of nitrogens with one attached hydrogen (secondary N) is 2. The Labute approximate surface area is 227 Å². The lowest BCUT2D eigenvalue weighted by Gasteiger charge is -2.40. The molecule has 0 fully saturated rings. The van der Waals surface area contributed by atoms with Gasteiger partial charge in [0.2, 0.25) is 5.41 Å². The maximum Gasteiger partial charge on any atom is 0.411 e. The summed E-state index contributed by atoms with van der Waals surface area (Å²) in [5, 5.41) is 0.599. The van der Waals surface area contributed by atoms with Crippen molar-refractivity contribution in [2.45, 2.75) is 17.8 Å². The highest BCUT2D eigenvalue weighted by atomic mass is 19.4. The third kappa shape index (κ3) is 4.00. The Bertz CT molecular complexity index is 1770. The van der Waals surface area contributed by atoms with Gasteiger partial charge in [-0.3, -0.25) is 0 Å². The number of halogens is 8. The minimum Gasteiger partial charge on any atom is -0.361 e. The standard InChI is InChI=1S/C31H18F8N2/c32-17-9-11-25(21(13-17)23-15-40-27-7-3-1-5-19(23)27)29(30(34,35)36,31(37,38)39)26-12-10-18(33)14-22(26)24-16-41-28-8-4-2-6-20(24)28/h1-16,40-41H. The summed E-state index contributed by atoms with van der Waals surface area (Å²) >= 11 is 0. The van der Waals surface area contributed by atoms with Crippen LogP contribution in [0.15, 0.2) is 97.3 Å². The summed E-state index contributed by atoms with van der Waals surface area (Å²) in [4.78, 5) is 5.65. The van der Waals surface area contributed by atoms with E-state index in [1.165, 1.54) is 24.5 Å². The van der Waals surface area contributed by atoms with Gasteiger partial charge in [-0.25, -0.2) is 8.78 Å². The predicted octanol–water partition coefficient (Wildman–Crippen LogP) is 9.67. The maximum absolute atomic E-state index is 15.4. The molecule has 0 spiro atoms. The van der Waals surface area contributed by atoms with Gasteiger partial charge in [-0.15, -0.1) is 0 Å². The van der Waals surface area contributed by atoms with E-state index in [-0.39, 0.29) is 11.1 Å². The molecule has 2 nitrogen and oxygen atoms in total. The molecule has 4 aromatic carbocycles. The Kier molecular flexibility index (Phi) is 5.99. The normalized spacial score (nSPS) is 12.9. The van der Waals surface area contributed by atoms with Crippen LogP contribution in [0.5, 0.6) is 0 Å². The third-order valence-corrected chi connectivity index (χ3v) is 7.38. The second kappa shape index (κ2) is 9.22. The van der Waals surface area contributed by atoms with Crippen LogP contribution in [0.2, 0.25) is 0 Å². The molecule has 0 aliphatic rings. The number of hydrogen-bond acceptors (Lipinski definition) is 0. The number of H-pyrrole nitrogens is 2. The summed E-state index contributed by atoms with van der Waals surface area (Å²) in [6.45, 7) is 0. The van der Waals surface area contributed by atoms with E-state index in [2.05, 4.69) is 9.97 Å². The Morgan fingerprint density at radius 3 is 1.24 bits per heavy atom. The number of fused-ring (bicyclic) bond motifs is 2. The van der Waals surface area contributed by atoms with Crippen LogP contribution in [-0.4, -0.2) is 22.3 Å². The molecule has 0 aliphatic carbocycles. The molecule has 41 heavy (non-hydrogen) atoms. The van der Waals surface area contributed by atoms with Crippen LogP contribution >= 0.6 is 0 Å². The van der Waals surface area contributed by atoms with Crippen molar-refractivity contribution in [3.05, 3.63) is 120 Å². The van der Waals surface area contributed by atoms with E-state index in [0.717, 1.165) is 0 Å². The summed E-state index contributed by atoms with van der Waals surface area (Å²) in [6, 6.07) is 16.1. The number of benzene rings is 4. The van der Waals surface area contributed by atoms with E-state index in [1.807, 2.05) is 0 Å². The number of rotatable bonds is 4. The zero-order valence-electron chi connectivity index (χ0n) is 20.8. The first-order valence-corrected chi connectivity index (χ1v) is 12.3. The van der Waals surface area contributed by atoms with E-state index < -0.39 is 51.7 Å². The molecule has 0 atom stereocenters. The van der Waals surface area contributed by atoms with E-state index in [9.17, 15) is 8.78 Å². The van der Waals surface area contributed by atoms with Gasteiger partial charge in [0.05, 0.1) is 0 Å². The van der Waals surface area contributed by atoms with Gasteiger partial charge in [0.25, 0.3) is 0 Å². The van der Waals surface area contributed by atoms with Crippen molar-refractivity contribution >= 4 is 21.8 Å². The summed E-state index contributed by atoms with van der Waals surface area (Å²) < 4.78 is 122. The highest BCUT2D eigenvalue weighted by molar-refractivity contribution is 5.98. The number of aromatic amines is 2. The van der Waals surface area contributed by atoms with Crippen molar-refractivity contribution in [1.82, 2.24) is 9.97 Å². The summed E-state index contributed by atoms with van der Waals surface area (Å²) in [7, 11) is 0. The van der Waals surface area contributed by atoms with Crippen LogP contribution in [0.4, 0.5) is 35.1 Å². The fraction of sp³-hybridized carbons (Fsp3) is 0.0968. The van der Waals surface area contributed by atoms with E-state index in [0.29, 0.717) is 58.2 Å². The van der Waals surface area contributed by atoms with Crippen molar-refractivity contribution in [3.63, 3.8) is 0 Å². The second-order valence-electron chi connectivity index (χ2n) is 9.62. The average molecular weight is 570 g/mol. The minimum atomic E-state index is -6.00. The molecule has 0 aliphatic heterocycles. The number of hydrogen-bond donors (Lipinski definition) is 2. The van der Waals surface area contributed by atoms with Crippen molar-refractivity contribution in [2.24, 2.45) is 0 Å². The molecular weight excluding hydrogens is 552 g/mol. The molecule has 10 heteroatoms. The summed E-state index contributed by atoms with van der Waals surface area (Å²) in [5.74, 6) is -2.05. The molecule has 0 radical (unpaired) electrons. The monoisotopic (exact) mass is 570 g/mol. The smallest absolute Gasteiger partial charge is 0.361 e. The third-order valence-electron chi connectivity index (χ3n) is 7.38. The van der Waals surface area contributed by atoms with E-state index in [4.69, 9.17) is 0 Å². The van der Waals surface area contributed by atoms with Crippen LogP contribution in [0.3, 0.4) is 0 Å². The molecule has 2 heterocycles. The molecule has 208 valence electrons. The summed E-state index contributed by atoms with van der Waals surface area (Å²) in [5.41, 5.74) is -7.60. The molecule has 0 saturated heterocycles. The van der Waals surface area contributed by atoms with Crippen LogP contribution in [0, 0.1) is 11.6 Å². The lowest BCUT2D eigenvalue weighted by molar-refractivity contribution is -0.288. The SMILES string of the molecule is Fc1ccc(C(c2ccc(F)cc2-c2c[nH]c3ccccc23)(C(F)(F)F)C(F)(F)F)c(-c2c[nH]c3ccccc23)c1. The minimum absolute atomic E-state index is 0.0521. The molecule has 6 aromatic rings. The quantitative estimate of drug-likeness (QED) is 0.198. The first-order valence-electron chi connectivity index (χ1n) is 12.3. The van der Waals surface area contributed by atoms with Gasteiger partial charge in [-0.2, -0.15) is 26.3 Å². The Hall–Kier alpha value is -4.60. The fourth-order valence-corrected chi connectivity index (χ4v) is 5.64. The van der Waals surface area contributed by atoms with E-state index >= 15 is 26.3 Å². The molecule has 2 aromatic heterocycles. The summed E-state index contributed by atoms with van der Waals surface area (Å²) in [6.07, 6.45) is -9.51. The van der Waals surface area contributed by atoms with Crippen molar-refractivity contribution in [2.75, 3.05) is 0 Å². The Balaban J connectivity index is 1.77. The highest BCUT2D eigenvalue weighted by Gasteiger charge is 2.73. The van der Waals surface area contributed by atoms with Crippen LogP contribution in [0.25, 0.3) is 44.1 Å². The van der Waals surface area contributed by atoms with Crippen LogP contribution in [0.1, 0.15) is 11.1 Å². The predicted molar refractivity (Wildman–Crippen MR) is 140 cm³/mol. The average Bonchev–Trinajstić information content (AvgIpc) is 3.53. The zero-order valence-corrected chi connectivity index (χ0v) is 20.8. The molecule has 0 unspecified atom stereocenters. The first kappa shape index (κ1) is 26.6. The van der Waals surface area contributed by atoms with Gasteiger partial charge in [-0.1, -0.05) is 48.5 Å². The van der Waals surface area contributed by atoms with Gasteiger partial charge in [0.15, 0.2) is 0 Å². The van der Waals surface area contributed by atoms with Gasteiger partial charge in [0, 0.05) is 45.3 Å². The van der Waals surface area contributed by atoms with Crippen molar-refractivity contribution < 1.29 is 35.1 Å². The van der Waals surface area contributed by atoms with Gasteiger partial charge < -0.3 is 9.97 Å².